The summed E-state index contributed by atoms with van der Waals surface area (Å²) in [7, 11) is -2.44. The van der Waals surface area contributed by atoms with E-state index >= 15 is 0 Å². The number of methoxy groups -OCH3 is 1. The number of benzene rings is 1. The van der Waals surface area contributed by atoms with Crippen LogP contribution in [0, 0.1) is 0 Å². The summed E-state index contributed by atoms with van der Waals surface area (Å²) < 4.78 is 32.7. The van der Waals surface area contributed by atoms with E-state index in [0.717, 1.165) is 6.07 Å². The van der Waals surface area contributed by atoms with Gasteiger partial charge in [-0.2, -0.15) is 0 Å². The van der Waals surface area contributed by atoms with Crippen LogP contribution in [0.1, 0.15) is 16.8 Å². The summed E-state index contributed by atoms with van der Waals surface area (Å²) in [5.41, 5.74) is -0.0590. The molecule has 0 saturated carbocycles. The van der Waals surface area contributed by atoms with Crippen LogP contribution >= 0.6 is 27.5 Å². The molecule has 0 aliphatic rings. The molecule has 0 aliphatic carbocycles. The number of esters is 1. The van der Waals surface area contributed by atoms with Crippen LogP contribution in [0.3, 0.4) is 0 Å². The van der Waals surface area contributed by atoms with Crippen LogP contribution in [0.15, 0.2) is 21.5 Å². The Kier molecular flexibility index (Phi) is 6.41. The van der Waals surface area contributed by atoms with Gasteiger partial charge in [0.1, 0.15) is 0 Å². The number of nitrogens with two attached hydrogens (primary N) is 1. The first-order chi connectivity index (χ1) is 9.27. The summed E-state index contributed by atoms with van der Waals surface area (Å²) in [4.78, 5) is 11.6. The number of hydrogen-bond donors (Lipinski definition) is 1. The smallest absolute Gasteiger partial charge is 0.339 e. The van der Waals surface area contributed by atoms with Crippen molar-refractivity contribution in [1.29, 1.82) is 0 Å². The first kappa shape index (κ1) is 17.4. The molecule has 0 aliphatic heterocycles. The van der Waals surface area contributed by atoms with Gasteiger partial charge in [0.25, 0.3) is 0 Å². The Balaban J connectivity index is 2.98. The van der Waals surface area contributed by atoms with Gasteiger partial charge in [0.2, 0.25) is 10.0 Å². The molecule has 2 N–H and O–H groups in total. The minimum Gasteiger partial charge on any atom is -0.462 e. The average molecular weight is 387 g/mol. The van der Waals surface area contributed by atoms with Gasteiger partial charge in [0.05, 0.1) is 22.1 Å². The molecule has 6 nitrogen and oxygen atoms in total. The predicted molar refractivity (Wildman–Crippen MR) is 77.3 cm³/mol. The van der Waals surface area contributed by atoms with Crippen LogP contribution in [0.2, 0.25) is 5.02 Å². The summed E-state index contributed by atoms with van der Waals surface area (Å²) in [6.45, 7) is 0.591. The summed E-state index contributed by atoms with van der Waals surface area (Å²) >= 11 is 8.92. The SMILES string of the molecule is COCCCOC(=O)c1cc(S(N)(=O)=O)c(Br)cc1Cl. The van der Waals surface area contributed by atoms with Crippen LogP contribution in [0.4, 0.5) is 0 Å². The number of hydrogen-bond acceptors (Lipinski definition) is 5. The minimum atomic E-state index is -3.97. The maximum absolute atomic E-state index is 11.8. The zero-order chi connectivity index (χ0) is 15.3. The molecular formula is C11H13BrClNO5S. The Bertz CT molecular complexity index is 605. The summed E-state index contributed by atoms with van der Waals surface area (Å²) in [5, 5.41) is 5.12. The van der Waals surface area contributed by atoms with E-state index in [1.807, 2.05) is 0 Å². The van der Waals surface area contributed by atoms with E-state index in [2.05, 4.69) is 15.9 Å². The Morgan fingerprint density at radius 3 is 2.60 bits per heavy atom. The van der Waals surface area contributed by atoms with Crippen molar-refractivity contribution < 1.29 is 22.7 Å². The van der Waals surface area contributed by atoms with Gasteiger partial charge in [-0.1, -0.05) is 11.6 Å². The molecule has 0 radical (unpaired) electrons. The Hall–Kier alpha value is -0.670. The number of carbonyl (C=O) groups excluding carboxylic acids is 1. The molecule has 0 spiro atoms. The lowest BCUT2D eigenvalue weighted by Gasteiger charge is -2.09. The average Bonchev–Trinajstić information content (AvgIpc) is 2.32. The largest absolute Gasteiger partial charge is 0.462 e. The molecule has 0 aromatic heterocycles. The van der Waals surface area contributed by atoms with Crippen LogP contribution in [-0.2, 0) is 19.5 Å². The number of rotatable bonds is 6. The van der Waals surface area contributed by atoms with Crippen molar-refractivity contribution in [2.45, 2.75) is 11.3 Å². The highest BCUT2D eigenvalue weighted by Crippen LogP contribution is 2.28. The van der Waals surface area contributed by atoms with E-state index < -0.39 is 16.0 Å². The summed E-state index contributed by atoms with van der Waals surface area (Å²) in [6, 6.07) is 2.37. The number of sulfonamides is 1. The van der Waals surface area contributed by atoms with Crippen LogP contribution in [0.25, 0.3) is 0 Å². The topological polar surface area (TPSA) is 95.7 Å². The minimum absolute atomic E-state index is 0.0590. The summed E-state index contributed by atoms with van der Waals surface area (Å²) in [5.74, 6) is -0.719. The van der Waals surface area contributed by atoms with Crippen molar-refractivity contribution in [1.82, 2.24) is 0 Å². The molecule has 1 aromatic carbocycles. The number of halogens is 2. The van der Waals surface area contributed by atoms with Crippen molar-refractivity contribution >= 4 is 43.5 Å². The third-order valence-corrected chi connectivity index (χ3v) is 4.46. The lowest BCUT2D eigenvalue weighted by atomic mass is 10.2. The van der Waals surface area contributed by atoms with Gasteiger partial charge < -0.3 is 9.47 Å². The Morgan fingerprint density at radius 1 is 1.40 bits per heavy atom. The fourth-order valence-electron chi connectivity index (χ4n) is 1.35. The van der Waals surface area contributed by atoms with Gasteiger partial charge >= 0.3 is 5.97 Å². The molecule has 0 bridgehead atoms. The first-order valence-corrected chi connectivity index (χ1v) is 8.17. The normalized spacial score (nSPS) is 11.4. The van der Waals surface area contributed by atoms with E-state index in [-0.39, 0.29) is 26.6 Å². The Labute approximate surface area is 130 Å². The zero-order valence-electron chi connectivity index (χ0n) is 10.6. The lowest BCUT2D eigenvalue weighted by Crippen LogP contribution is -2.15. The van der Waals surface area contributed by atoms with Crippen molar-refractivity contribution in [3.05, 3.63) is 27.2 Å². The van der Waals surface area contributed by atoms with Gasteiger partial charge in [0.15, 0.2) is 0 Å². The maximum atomic E-state index is 11.8. The molecule has 0 unspecified atom stereocenters. The zero-order valence-corrected chi connectivity index (χ0v) is 13.7. The van der Waals surface area contributed by atoms with Gasteiger partial charge in [-0.05, 0) is 28.1 Å². The van der Waals surface area contributed by atoms with Gasteiger partial charge in [0, 0.05) is 24.6 Å². The fraction of sp³-hybridized carbons (Fsp3) is 0.364. The van der Waals surface area contributed by atoms with Crippen molar-refractivity contribution in [3.8, 4) is 0 Å². The lowest BCUT2D eigenvalue weighted by molar-refractivity contribution is 0.0468. The van der Waals surface area contributed by atoms with Crippen LogP contribution in [-0.4, -0.2) is 34.7 Å². The third kappa shape index (κ3) is 4.71. The molecule has 0 atom stereocenters. The molecule has 0 saturated heterocycles. The van der Waals surface area contributed by atoms with Gasteiger partial charge in [-0.15, -0.1) is 0 Å². The third-order valence-electron chi connectivity index (χ3n) is 2.27. The highest BCUT2D eigenvalue weighted by molar-refractivity contribution is 9.10. The quantitative estimate of drug-likeness (QED) is 0.595. The second-order valence-corrected chi connectivity index (χ2v) is 6.58. The van der Waals surface area contributed by atoms with E-state index in [9.17, 15) is 13.2 Å². The van der Waals surface area contributed by atoms with Crippen molar-refractivity contribution in [2.75, 3.05) is 20.3 Å². The monoisotopic (exact) mass is 385 g/mol. The molecule has 0 amide bonds. The molecule has 0 heterocycles. The second-order valence-electron chi connectivity index (χ2n) is 3.79. The molecule has 112 valence electrons. The van der Waals surface area contributed by atoms with Crippen molar-refractivity contribution in [3.63, 3.8) is 0 Å². The van der Waals surface area contributed by atoms with Crippen LogP contribution in [0.5, 0.6) is 0 Å². The molecular weight excluding hydrogens is 374 g/mol. The summed E-state index contributed by atoms with van der Waals surface area (Å²) in [6.07, 6.45) is 0.526. The van der Waals surface area contributed by atoms with E-state index in [1.54, 1.807) is 0 Å². The fourth-order valence-corrected chi connectivity index (χ4v) is 3.36. The van der Waals surface area contributed by atoms with Gasteiger partial charge in [-0.25, -0.2) is 18.4 Å². The predicted octanol–water partition coefficient (Wildman–Crippen LogP) is 1.94. The highest BCUT2D eigenvalue weighted by atomic mass is 79.9. The molecule has 0 fully saturated rings. The number of primary sulfonamides is 1. The van der Waals surface area contributed by atoms with E-state index in [4.69, 9.17) is 26.2 Å². The van der Waals surface area contributed by atoms with Crippen LogP contribution < -0.4 is 5.14 Å². The van der Waals surface area contributed by atoms with Gasteiger partial charge in [-0.3, -0.25) is 0 Å². The first-order valence-electron chi connectivity index (χ1n) is 5.45. The second kappa shape index (κ2) is 7.37. The standard InChI is InChI=1S/C11H13BrClNO5S/c1-18-3-2-4-19-11(15)7-5-10(20(14,16)17)8(12)6-9(7)13/h5-6H,2-4H2,1H3,(H2,14,16,17). The Morgan fingerprint density at radius 2 is 2.05 bits per heavy atom. The maximum Gasteiger partial charge on any atom is 0.339 e. The molecule has 20 heavy (non-hydrogen) atoms. The molecule has 1 rings (SSSR count). The number of ether oxygens (including phenoxy) is 2. The highest BCUT2D eigenvalue weighted by Gasteiger charge is 2.20. The van der Waals surface area contributed by atoms with Crippen molar-refractivity contribution in [2.24, 2.45) is 5.14 Å². The van der Waals surface area contributed by atoms with E-state index in [1.165, 1.54) is 13.2 Å². The molecule has 9 heteroatoms. The molecule has 1 aromatic rings. The van der Waals surface area contributed by atoms with E-state index in [0.29, 0.717) is 13.0 Å². The number of carbonyl (C=O) groups is 1.